The number of nitro benzene ring substituents is 1. The zero-order valence-electron chi connectivity index (χ0n) is 16.1. The van der Waals surface area contributed by atoms with Gasteiger partial charge >= 0.3 is 5.97 Å². The lowest BCUT2D eigenvalue weighted by molar-refractivity contribution is -0.385. The minimum absolute atomic E-state index is 0.0907. The van der Waals surface area contributed by atoms with Gasteiger partial charge in [0.15, 0.2) is 5.78 Å². The number of ketones is 1. The van der Waals surface area contributed by atoms with Crippen LogP contribution in [0.25, 0.3) is 0 Å². The second-order valence-corrected chi connectivity index (χ2v) is 7.18. The zero-order valence-corrected chi connectivity index (χ0v) is 16.1. The van der Waals surface area contributed by atoms with E-state index in [9.17, 15) is 19.7 Å². The number of para-hydroxylation sites is 1. The molecule has 0 saturated heterocycles. The van der Waals surface area contributed by atoms with Crippen molar-refractivity contribution < 1.29 is 19.2 Å². The van der Waals surface area contributed by atoms with E-state index >= 15 is 0 Å². The Morgan fingerprint density at radius 1 is 1.32 bits per heavy atom. The number of hydrogen-bond acceptors (Lipinski definition) is 6. The third-order valence-electron chi connectivity index (χ3n) is 5.30. The number of carbonyl (C=O) groups is 2. The molecule has 0 bridgehead atoms. The number of aliphatic imine (C=N–C) groups is 1. The Morgan fingerprint density at radius 3 is 2.79 bits per heavy atom. The Bertz CT molecular complexity index is 871. The van der Waals surface area contributed by atoms with Crippen LogP contribution >= 0.6 is 0 Å². The molecule has 3 rings (SSSR count). The van der Waals surface area contributed by atoms with E-state index in [1.165, 1.54) is 6.07 Å². The Kier molecular flexibility index (Phi) is 6.02. The van der Waals surface area contributed by atoms with Gasteiger partial charge < -0.3 is 4.74 Å². The molecule has 0 fully saturated rings. The van der Waals surface area contributed by atoms with Gasteiger partial charge in [-0.3, -0.25) is 24.7 Å². The molecular weight excluding hydrogens is 360 g/mol. The maximum absolute atomic E-state index is 12.9. The summed E-state index contributed by atoms with van der Waals surface area (Å²) in [5, 5.41) is 11.6. The van der Waals surface area contributed by atoms with Crippen molar-refractivity contribution in [2.45, 2.75) is 51.9 Å². The highest BCUT2D eigenvalue weighted by Gasteiger charge is 2.45. The topological polar surface area (TPSA) is 98.9 Å². The number of hydrogen-bond donors (Lipinski definition) is 0. The monoisotopic (exact) mass is 384 g/mol. The van der Waals surface area contributed by atoms with Crippen molar-refractivity contribution in [1.82, 2.24) is 0 Å². The van der Waals surface area contributed by atoms with Gasteiger partial charge in [-0.1, -0.05) is 31.5 Å². The smallest absolute Gasteiger partial charge is 0.315 e. The van der Waals surface area contributed by atoms with Gasteiger partial charge in [-0.05, 0) is 26.2 Å². The summed E-state index contributed by atoms with van der Waals surface area (Å²) in [5.41, 5.74) is 1.89. The number of unbranched alkanes of at least 4 members (excludes halogenated alkanes) is 1. The number of carbonyl (C=O) groups excluding carboxylic acids is 2. The van der Waals surface area contributed by atoms with Gasteiger partial charge in [0.05, 0.1) is 11.5 Å². The molecule has 2 atom stereocenters. The van der Waals surface area contributed by atoms with Crippen molar-refractivity contribution >= 4 is 23.2 Å². The number of Topliss-reactive ketones (excluding diaryl/α,β-unsaturated/α-hetero) is 1. The average Bonchev–Trinajstić information content (AvgIpc) is 2.67. The lowest BCUT2D eigenvalue weighted by Crippen LogP contribution is -2.37. The minimum Gasteiger partial charge on any atom is -0.465 e. The van der Waals surface area contributed by atoms with Crippen LogP contribution in [0.15, 0.2) is 40.5 Å². The number of esters is 1. The molecule has 1 aliphatic heterocycles. The summed E-state index contributed by atoms with van der Waals surface area (Å²) in [6, 6.07) is 6.30. The molecule has 1 aromatic carbocycles. The minimum atomic E-state index is -0.834. The lowest BCUT2D eigenvalue weighted by Gasteiger charge is -2.34. The SMILES string of the molecule is CCCCOC(=O)C1C(C)=NC2=C(C(=O)CCC2)[C@H]1c1ccccc1[N+](=O)[O-]. The number of allylic oxidation sites excluding steroid dienone is 2. The first-order chi connectivity index (χ1) is 13.5. The number of ether oxygens (including phenoxy) is 1. The van der Waals surface area contributed by atoms with Crippen LogP contribution in [0.1, 0.15) is 57.4 Å². The summed E-state index contributed by atoms with van der Waals surface area (Å²) in [6.07, 6.45) is 3.31. The highest BCUT2D eigenvalue weighted by Crippen LogP contribution is 2.45. The molecule has 7 nitrogen and oxygen atoms in total. The fraction of sp³-hybridized carbons (Fsp3) is 0.476. The first-order valence-corrected chi connectivity index (χ1v) is 9.67. The van der Waals surface area contributed by atoms with E-state index in [0.29, 0.717) is 41.8 Å². The van der Waals surface area contributed by atoms with Crippen LogP contribution in [-0.2, 0) is 14.3 Å². The van der Waals surface area contributed by atoms with Gasteiger partial charge in [0.2, 0.25) is 0 Å². The van der Waals surface area contributed by atoms with Crippen molar-refractivity contribution in [1.29, 1.82) is 0 Å². The Labute approximate surface area is 163 Å². The third-order valence-corrected chi connectivity index (χ3v) is 5.30. The highest BCUT2D eigenvalue weighted by molar-refractivity contribution is 6.09. The summed E-state index contributed by atoms with van der Waals surface area (Å²) in [4.78, 5) is 41.4. The number of benzene rings is 1. The normalized spacial score (nSPS) is 21.8. The van der Waals surface area contributed by atoms with Gasteiger partial charge in [0.25, 0.3) is 5.69 Å². The van der Waals surface area contributed by atoms with Crippen molar-refractivity contribution in [3.63, 3.8) is 0 Å². The van der Waals surface area contributed by atoms with Crippen molar-refractivity contribution in [3.8, 4) is 0 Å². The van der Waals surface area contributed by atoms with Crippen LogP contribution in [0.5, 0.6) is 0 Å². The van der Waals surface area contributed by atoms with Gasteiger partial charge in [0, 0.05) is 41.0 Å². The third kappa shape index (κ3) is 3.74. The Hall–Kier alpha value is -2.83. The van der Waals surface area contributed by atoms with E-state index in [0.717, 1.165) is 12.8 Å². The van der Waals surface area contributed by atoms with Gasteiger partial charge in [-0.2, -0.15) is 0 Å². The van der Waals surface area contributed by atoms with Gasteiger partial charge in [-0.25, -0.2) is 0 Å². The number of nitrogens with zero attached hydrogens (tertiary/aromatic N) is 2. The molecule has 1 unspecified atom stereocenters. The van der Waals surface area contributed by atoms with Crippen LogP contribution < -0.4 is 0 Å². The first-order valence-electron chi connectivity index (χ1n) is 9.67. The number of nitro groups is 1. The second-order valence-electron chi connectivity index (χ2n) is 7.18. The first kappa shape index (κ1) is 19.9. The predicted molar refractivity (Wildman–Crippen MR) is 104 cm³/mol. The molecule has 1 aromatic rings. The number of rotatable bonds is 6. The van der Waals surface area contributed by atoms with E-state index in [1.807, 2.05) is 6.92 Å². The molecule has 7 heteroatoms. The molecular formula is C21H24N2O5. The molecule has 0 saturated carbocycles. The molecule has 0 amide bonds. The maximum atomic E-state index is 12.9. The van der Waals surface area contributed by atoms with Crippen LogP contribution in [0.3, 0.4) is 0 Å². The van der Waals surface area contributed by atoms with Crippen LogP contribution in [-0.4, -0.2) is 29.0 Å². The summed E-state index contributed by atoms with van der Waals surface area (Å²) in [5.74, 6) is -2.15. The van der Waals surface area contributed by atoms with Gasteiger partial charge in [0.1, 0.15) is 5.92 Å². The molecule has 148 valence electrons. The van der Waals surface area contributed by atoms with Crippen LogP contribution in [0.4, 0.5) is 5.69 Å². The lowest BCUT2D eigenvalue weighted by atomic mass is 9.71. The fourth-order valence-electron chi connectivity index (χ4n) is 3.97. The second kappa shape index (κ2) is 8.46. The molecule has 28 heavy (non-hydrogen) atoms. The predicted octanol–water partition coefficient (Wildman–Crippen LogP) is 4.12. The van der Waals surface area contributed by atoms with Crippen LogP contribution in [0.2, 0.25) is 0 Å². The molecule has 1 heterocycles. The summed E-state index contributed by atoms with van der Waals surface area (Å²) in [6.45, 7) is 4.01. The molecule has 0 spiro atoms. The average molecular weight is 384 g/mol. The van der Waals surface area contributed by atoms with E-state index in [1.54, 1.807) is 25.1 Å². The van der Waals surface area contributed by atoms with Gasteiger partial charge in [-0.15, -0.1) is 0 Å². The summed E-state index contributed by atoms with van der Waals surface area (Å²) >= 11 is 0. The molecule has 0 aromatic heterocycles. The molecule has 1 aliphatic carbocycles. The van der Waals surface area contributed by atoms with E-state index in [-0.39, 0.29) is 18.1 Å². The molecule has 0 N–H and O–H groups in total. The van der Waals surface area contributed by atoms with E-state index in [4.69, 9.17) is 4.74 Å². The largest absolute Gasteiger partial charge is 0.465 e. The summed E-state index contributed by atoms with van der Waals surface area (Å²) in [7, 11) is 0. The quantitative estimate of drug-likeness (QED) is 0.318. The maximum Gasteiger partial charge on any atom is 0.315 e. The van der Waals surface area contributed by atoms with Crippen LogP contribution in [0, 0.1) is 16.0 Å². The fourth-order valence-corrected chi connectivity index (χ4v) is 3.97. The van der Waals surface area contributed by atoms with Crippen molar-refractivity contribution in [3.05, 3.63) is 51.2 Å². The summed E-state index contributed by atoms with van der Waals surface area (Å²) < 4.78 is 5.44. The van der Waals surface area contributed by atoms with E-state index < -0.39 is 22.7 Å². The van der Waals surface area contributed by atoms with E-state index in [2.05, 4.69) is 4.99 Å². The zero-order chi connectivity index (χ0) is 20.3. The van der Waals surface area contributed by atoms with Crippen molar-refractivity contribution in [2.75, 3.05) is 6.61 Å². The highest BCUT2D eigenvalue weighted by atomic mass is 16.6. The standard InChI is InChI=1S/C21H24N2O5/c1-3-4-12-28-21(25)18-13(2)22-15-9-7-11-17(24)20(15)19(18)14-8-5-6-10-16(14)23(26)27/h5-6,8,10,18-19H,3-4,7,9,11-12H2,1-2H3/t18?,19-/m0/s1. The van der Waals surface area contributed by atoms with Crippen molar-refractivity contribution in [2.24, 2.45) is 10.9 Å². The Morgan fingerprint density at radius 2 is 2.07 bits per heavy atom. The molecule has 0 radical (unpaired) electrons. The molecule has 2 aliphatic rings. The Balaban J connectivity index is 2.12.